The van der Waals surface area contributed by atoms with E-state index in [1.807, 2.05) is 9.62 Å². The molecule has 0 radical (unpaired) electrons. The standard InChI is InChI=1S/C27H27FN6O7S/c28-8-10-33-11-12-40-20(17-33)16-30-23-6-5-21(14-24(23)34(36)37)42(38,39)32-27(35)22-3-1-2-4-25(22)41-19-13-18-7-9-29-26(18)31-15-19/h1-7,9,13-15,20,30H,8,10-12,16-17H2,(H,29,31)(H,32,35). The summed E-state index contributed by atoms with van der Waals surface area (Å²) in [5.41, 5.74) is 0.149. The molecule has 0 saturated carbocycles. The molecule has 3 N–H and O–H groups in total. The van der Waals surface area contributed by atoms with Crippen LogP contribution in [0.3, 0.4) is 0 Å². The second-order valence-corrected chi connectivity index (χ2v) is 11.1. The molecule has 4 aromatic rings. The summed E-state index contributed by atoms with van der Waals surface area (Å²) in [6.07, 6.45) is 2.84. The number of carbonyl (C=O) groups is 1. The number of aromatic nitrogens is 2. The number of fused-ring (bicyclic) bond motifs is 1. The number of morpholine rings is 1. The van der Waals surface area contributed by atoms with Gasteiger partial charge < -0.3 is 19.8 Å². The van der Waals surface area contributed by atoms with Crippen molar-refractivity contribution in [3.63, 3.8) is 0 Å². The van der Waals surface area contributed by atoms with Gasteiger partial charge in [-0.05, 0) is 36.4 Å². The van der Waals surface area contributed by atoms with Gasteiger partial charge in [-0.1, -0.05) is 12.1 Å². The van der Waals surface area contributed by atoms with Crippen molar-refractivity contribution < 1.29 is 32.0 Å². The van der Waals surface area contributed by atoms with Crippen LogP contribution in [0.15, 0.2) is 71.9 Å². The first-order valence-corrected chi connectivity index (χ1v) is 14.4. The van der Waals surface area contributed by atoms with Crippen molar-refractivity contribution in [3.8, 4) is 11.5 Å². The lowest BCUT2D eigenvalue weighted by Crippen LogP contribution is -2.45. The first kappa shape index (κ1) is 28.9. The number of anilines is 1. The molecule has 1 saturated heterocycles. The summed E-state index contributed by atoms with van der Waals surface area (Å²) in [5, 5.41) is 15.5. The minimum atomic E-state index is -4.51. The molecule has 2 aromatic carbocycles. The highest BCUT2D eigenvalue weighted by molar-refractivity contribution is 7.90. The van der Waals surface area contributed by atoms with E-state index in [0.29, 0.717) is 31.1 Å². The molecule has 5 rings (SSSR count). The Kier molecular flexibility index (Phi) is 8.61. The van der Waals surface area contributed by atoms with Crippen LogP contribution in [0.5, 0.6) is 11.5 Å². The largest absolute Gasteiger partial charge is 0.455 e. The predicted molar refractivity (Wildman–Crippen MR) is 151 cm³/mol. The van der Waals surface area contributed by atoms with Gasteiger partial charge in [-0.15, -0.1) is 0 Å². The summed E-state index contributed by atoms with van der Waals surface area (Å²) < 4.78 is 52.3. The van der Waals surface area contributed by atoms with Gasteiger partial charge in [0.15, 0.2) is 0 Å². The highest BCUT2D eigenvalue weighted by atomic mass is 32.2. The maximum atomic E-state index is 13.1. The second kappa shape index (κ2) is 12.5. The Morgan fingerprint density at radius 2 is 2.07 bits per heavy atom. The summed E-state index contributed by atoms with van der Waals surface area (Å²) in [6, 6.07) is 12.8. The Balaban J connectivity index is 1.30. The number of alkyl halides is 1. The fourth-order valence-electron chi connectivity index (χ4n) is 4.51. The molecule has 1 unspecified atom stereocenters. The van der Waals surface area contributed by atoms with E-state index in [9.17, 15) is 27.7 Å². The van der Waals surface area contributed by atoms with Crippen molar-refractivity contribution in [3.05, 3.63) is 82.7 Å². The number of hydrogen-bond acceptors (Lipinski definition) is 10. The molecule has 15 heteroatoms. The smallest absolute Gasteiger partial charge is 0.293 e. The number of hydrogen-bond donors (Lipinski definition) is 3. The molecule has 1 aliphatic heterocycles. The molecule has 0 aliphatic carbocycles. The fraction of sp³-hybridized carbons (Fsp3) is 0.259. The number of rotatable bonds is 11. The van der Waals surface area contributed by atoms with Gasteiger partial charge in [0.1, 0.15) is 29.5 Å². The van der Waals surface area contributed by atoms with Gasteiger partial charge in [-0.2, -0.15) is 0 Å². The Morgan fingerprint density at radius 1 is 1.24 bits per heavy atom. The Hall–Kier alpha value is -4.60. The average molecular weight is 599 g/mol. The summed E-state index contributed by atoms with van der Waals surface area (Å²) in [4.78, 5) is 32.8. The number of benzene rings is 2. The van der Waals surface area contributed by atoms with E-state index >= 15 is 0 Å². The molecule has 0 spiro atoms. The fourth-order valence-corrected chi connectivity index (χ4v) is 5.50. The van der Waals surface area contributed by atoms with Gasteiger partial charge in [0.05, 0.1) is 34.3 Å². The number of nitro groups is 1. The average Bonchev–Trinajstić information content (AvgIpc) is 3.44. The van der Waals surface area contributed by atoms with Crippen LogP contribution in [0.25, 0.3) is 11.0 Å². The van der Waals surface area contributed by atoms with Crippen molar-refractivity contribution in [1.82, 2.24) is 19.6 Å². The molecule has 3 heterocycles. The van der Waals surface area contributed by atoms with E-state index in [0.717, 1.165) is 17.5 Å². The van der Waals surface area contributed by atoms with Gasteiger partial charge in [0.2, 0.25) is 0 Å². The third kappa shape index (κ3) is 6.64. The molecule has 1 aliphatic rings. The molecule has 42 heavy (non-hydrogen) atoms. The summed E-state index contributed by atoms with van der Waals surface area (Å²) in [5.74, 6) is -0.571. The Morgan fingerprint density at radius 3 is 2.88 bits per heavy atom. The minimum Gasteiger partial charge on any atom is -0.455 e. The maximum Gasteiger partial charge on any atom is 0.293 e. The number of nitrogens with zero attached hydrogens (tertiary/aromatic N) is 3. The summed E-state index contributed by atoms with van der Waals surface area (Å²) in [6.45, 7) is 1.42. The van der Waals surface area contributed by atoms with Crippen LogP contribution in [-0.2, 0) is 14.8 Å². The molecule has 1 atom stereocenters. The van der Waals surface area contributed by atoms with Crippen LogP contribution in [0, 0.1) is 10.1 Å². The number of carbonyl (C=O) groups excluding carboxylic acids is 1. The lowest BCUT2D eigenvalue weighted by Gasteiger charge is -2.32. The van der Waals surface area contributed by atoms with Crippen LogP contribution in [0.2, 0.25) is 0 Å². The van der Waals surface area contributed by atoms with Gasteiger partial charge in [-0.25, -0.2) is 22.5 Å². The summed E-state index contributed by atoms with van der Waals surface area (Å²) >= 11 is 0. The lowest BCUT2D eigenvalue weighted by atomic mass is 10.2. The van der Waals surface area contributed by atoms with Gasteiger partial charge in [0.25, 0.3) is 21.6 Å². The van der Waals surface area contributed by atoms with Crippen LogP contribution >= 0.6 is 0 Å². The highest BCUT2D eigenvalue weighted by Crippen LogP contribution is 2.30. The molecular weight excluding hydrogens is 571 g/mol. The van der Waals surface area contributed by atoms with Crippen molar-refractivity contribution in [2.45, 2.75) is 11.0 Å². The molecule has 13 nitrogen and oxygen atoms in total. The van der Waals surface area contributed by atoms with Crippen LogP contribution in [-0.4, -0.2) is 79.7 Å². The monoisotopic (exact) mass is 598 g/mol. The topological polar surface area (TPSA) is 169 Å². The summed E-state index contributed by atoms with van der Waals surface area (Å²) in [7, 11) is -4.51. The third-order valence-corrected chi connectivity index (χ3v) is 7.91. The molecule has 0 bridgehead atoms. The number of halogens is 1. The normalized spacial score (nSPS) is 15.8. The second-order valence-electron chi connectivity index (χ2n) is 9.42. The third-order valence-electron chi connectivity index (χ3n) is 6.58. The number of aromatic amines is 1. The van der Waals surface area contributed by atoms with E-state index in [4.69, 9.17) is 9.47 Å². The number of amides is 1. The number of H-pyrrole nitrogens is 1. The lowest BCUT2D eigenvalue weighted by molar-refractivity contribution is -0.384. The molecule has 1 amide bonds. The molecule has 1 fully saturated rings. The first-order chi connectivity index (χ1) is 20.2. The van der Waals surface area contributed by atoms with Gasteiger partial charge in [0, 0.05) is 43.8 Å². The molecule has 220 valence electrons. The van der Waals surface area contributed by atoms with Crippen LogP contribution in [0.4, 0.5) is 15.8 Å². The predicted octanol–water partition coefficient (Wildman–Crippen LogP) is 3.46. The number of para-hydroxylation sites is 1. The number of nitro benzene ring substituents is 1. The van der Waals surface area contributed by atoms with Crippen molar-refractivity contribution in [1.29, 1.82) is 0 Å². The first-order valence-electron chi connectivity index (χ1n) is 12.9. The van der Waals surface area contributed by atoms with E-state index in [1.54, 1.807) is 30.5 Å². The minimum absolute atomic E-state index is 0.0719. The zero-order valence-corrected chi connectivity index (χ0v) is 23.0. The number of ether oxygens (including phenoxy) is 2. The van der Waals surface area contributed by atoms with Gasteiger partial charge >= 0.3 is 0 Å². The van der Waals surface area contributed by atoms with Crippen molar-refractivity contribution in [2.75, 3.05) is 44.8 Å². The molecular formula is C27H27FN6O7S. The highest BCUT2D eigenvalue weighted by Gasteiger charge is 2.26. The van der Waals surface area contributed by atoms with Crippen molar-refractivity contribution in [2.24, 2.45) is 0 Å². The molecule has 2 aromatic heterocycles. The number of sulfonamides is 1. The quantitative estimate of drug-likeness (QED) is 0.172. The van der Waals surface area contributed by atoms with E-state index in [-0.39, 0.29) is 36.2 Å². The zero-order valence-electron chi connectivity index (χ0n) is 22.2. The number of pyridine rings is 1. The maximum absolute atomic E-state index is 13.1. The zero-order chi connectivity index (χ0) is 29.7. The van der Waals surface area contributed by atoms with E-state index < -0.39 is 38.1 Å². The van der Waals surface area contributed by atoms with E-state index in [1.165, 1.54) is 24.4 Å². The van der Waals surface area contributed by atoms with Crippen molar-refractivity contribution >= 4 is 38.3 Å². The van der Waals surface area contributed by atoms with Gasteiger partial charge in [-0.3, -0.25) is 19.8 Å². The van der Waals surface area contributed by atoms with Crippen LogP contribution < -0.4 is 14.8 Å². The Bertz CT molecular complexity index is 1710. The Labute approximate surface area is 239 Å². The van der Waals surface area contributed by atoms with E-state index in [2.05, 4.69) is 15.3 Å². The SMILES string of the molecule is O=C(NS(=O)(=O)c1ccc(NCC2CN(CCF)CCO2)c([N+](=O)[O-])c1)c1ccccc1Oc1cnc2[nH]ccc2c1. The van der Waals surface area contributed by atoms with Crippen LogP contribution in [0.1, 0.15) is 10.4 Å². The number of nitrogens with one attached hydrogen (secondary N) is 3.